The third-order valence-corrected chi connectivity index (χ3v) is 5.42. The molecule has 0 aromatic carbocycles. The molecule has 7 heteroatoms. The fraction of sp³-hybridized carbons (Fsp3) is 0.529. The quantitative estimate of drug-likeness (QED) is 0.923. The average molecular weight is 343 g/mol. The summed E-state index contributed by atoms with van der Waals surface area (Å²) in [5.74, 6) is 1.63. The van der Waals surface area contributed by atoms with Gasteiger partial charge in [-0.1, -0.05) is 12.8 Å². The summed E-state index contributed by atoms with van der Waals surface area (Å²) in [7, 11) is 0. The van der Waals surface area contributed by atoms with E-state index in [0.29, 0.717) is 11.7 Å². The number of likely N-dealkylation sites (tertiary alicyclic amines) is 1. The Hall–Kier alpha value is -2.02. The van der Waals surface area contributed by atoms with E-state index in [0.717, 1.165) is 30.3 Å². The summed E-state index contributed by atoms with van der Waals surface area (Å²) in [6, 6.07) is 2.56. The monoisotopic (exact) mass is 343 g/mol. The van der Waals surface area contributed by atoms with E-state index in [1.807, 2.05) is 17.9 Å². The van der Waals surface area contributed by atoms with Crippen molar-refractivity contribution in [3.05, 3.63) is 34.2 Å². The second-order valence-electron chi connectivity index (χ2n) is 6.53. The van der Waals surface area contributed by atoms with Crippen LogP contribution in [0.4, 0.5) is 5.82 Å². The Morgan fingerprint density at radius 2 is 2.12 bits per heavy atom. The van der Waals surface area contributed by atoms with Crippen LogP contribution < -0.4 is 5.32 Å². The van der Waals surface area contributed by atoms with Gasteiger partial charge in [-0.2, -0.15) is 0 Å². The minimum atomic E-state index is -0.00549. The summed E-state index contributed by atoms with van der Waals surface area (Å²) in [5.41, 5.74) is 3.15. The zero-order valence-corrected chi connectivity index (χ0v) is 14.6. The maximum atomic E-state index is 12.5. The number of aromatic nitrogens is 3. The first-order chi connectivity index (χ1) is 11.7. The van der Waals surface area contributed by atoms with Crippen molar-refractivity contribution < 1.29 is 4.79 Å². The molecule has 0 spiro atoms. The first-order valence-electron chi connectivity index (χ1n) is 8.52. The van der Waals surface area contributed by atoms with Crippen molar-refractivity contribution in [1.82, 2.24) is 19.9 Å². The third-order valence-electron chi connectivity index (χ3n) is 4.84. The molecule has 1 aliphatic carbocycles. The zero-order chi connectivity index (χ0) is 16.5. The Morgan fingerprint density at radius 3 is 2.79 bits per heavy atom. The van der Waals surface area contributed by atoms with Crippen LogP contribution in [0.1, 0.15) is 60.2 Å². The predicted molar refractivity (Wildman–Crippen MR) is 93.2 cm³/mol. The smallest absolute Gasteiger partial charge is 0.273 e. The van der Waals surface area contributed by atoms with Gasteiger partial charge in [-0.05, 0) is 26.2 Å². The first kappa shape index (κ1) is 15.5. The molecule has 126 valence electrons. The summed E-state index contributed by atoms with van der Waals surface area (Å²) >= 11 is 1.45. The summed E-state index contributed by atoms with van der Waals surface area (Å²) in [4.78, 5) is 27.6. The number of aryl methyl sites for hydroxylation is 1. The van der Waals surface area contributed by atoms with Crippen LogP contribution in [0, 0.1) is 6.92 Å². The topological polar surface area (TPSA) is 71.0 Å². The van der Waals surface area contributed by atoms with Crippen LogP contribution in [0.5, 0.6) is 0 Å². The number of anilines is 1. The molecule has 2 fully saturated rings. The van der Waals surface area contributed by atoms with E-state index in [1.165, 1.54) is 37.0 Å². The molecule has 1 amide bonds. The summed E-state index contributed by atoms with van der Waals surface area (Å²) in [6.45, 7) is 2.67. The number of carbonyl (C=O) groups is 1. The standard InChI is InChI=1S/C17H21N5OS/c1-11-19-13(8-16(20-11)21-12-4-2-3-5-12)15-6-7-22(15)17(23)14-9-24-10-18-14/h8-10,12,15H,2-7H2,1H3,(H,19,20,21)/t15-/m0/s1. The third kappa shape index (κ3) is 3.00. The normalized spacial score (nSPS) is 20.9. The highest BCUT2D eigenvalue weighted by Gasteiger charge is 2.36. The molecule has 2 aliphatic rings. The summed E-state index contributed by atoms with van der Waals surface area (Å²) in [5, 5.41) is 5.33. The number of thiazole rings is 1. The lowest BCUT2D eigenvalue weighted by Gasteiger charge is -2.40. The predicted octanol–water partition coefficient (Wildman–Crippen LogP) is 3.18. The van der Waals surface area contributed by atoms with Crippen molar-refractivity contribution in [3.63, 3.8) is 0 Å². The Morgan fingerprint density at radius 1 is 1.29 bits per heavy atom. The molecular weight excluding hydrogens is 322 g/mol. The van der Waals surface area contributed by atoms with Crippen molar-refractivity contribution in [2.45, 2.75) is 51.1 Å². The molecule has 24 heavy (non-hydrogen) atoms. The van der Waals surface area contributed by atoms with Gasteiger partial charge in [0.25, 0.3) is 5.91 Å². The lowest BCUT2D eigenvalue weighted by atomic mass is 9.98. The van der Waals surface area contributed by atoms with Gasteiger partial charge in [0.1, 0.15) is 17.3 Å². The van der Waals surface area contributed by atoms with Gasteiger partial charge in [0.2, 0.25) is 0 Å². The van der Waals surface area contributed by atoms with Crippen molar-refractivity contribution in [2.24, 2.45) is 0 Å². The Balaban J connectivity index is 1.52. The Kier molecular flexibility index (Phi) is 4.18. The van der Waals surface area contributed by atoms with Crippen molar-refractivity contribution in [3.8, 4) is 0 Å². The molecule has 2 aromatic rings. The van der Waals surface area contributed by atoms with E-state index >= 15 is 0 Å². The molecule has 1 atom stereocenters. The van der Waals surface area contributed by atoms with Gasteiger partial charge in [-0.15, -0.1) is 11.3 Å². The van der Waals surface area contributed by atoms with Crippen LogP contribution >= 0.6 is 11.3 Å². The largest absolute Gasteiger partial charge is 0.367 e. The number of hydrogen-bond acceptors (Lipinski definition) is 6. The fourth-order valence-corrected chi connectivity index (χ4v) is 4.04. The van der Waals surface area contributed by atoms with Crippen molar-refractivity contribution in [2.75, 3.05) is 11.9 Å². The van der Waals surface area contributed by atoms with E-state index in [4.69, 9.17) is 0 Å². The molecule has 0 bridgehead atoms. The first-order valence-corrected chi connectivity index (χ1v) is 9.46. The number of nitrogens with one attached hydrogen (secondary N) is 1. The van der Waals surface area contributed by atoms with Crippen molar-refractivity contribution >= 4 is 23.1 Å². The Labute approximate surface area is 145 Å². The minimum absolute atomic E-state index is 0.00549. The highest BCUT2D eigenvalue weighted by atomic mass is 32.1. The minimum Gasteiger partial charge on any atom is -0.367 e. The van der Waals surface area contributed by atoms with E-state index in [1.54, 1.807) is 10.9 Å². The average Bonchev–Trinajstić information content (AvgIpc) is 3.18. The number of carbonyl (C=O) groups excluding carboxylic acids is 1. The van der Waals surface area contributed by atoms with Gasteiger partial charge >= 0.3 is 0 Å². The van der Waals surface area contributed by atoms with Gasteiger partial charge in [-0.25, -0.2) is 15.0 Å². The molecule has 1 aliphatic heterocycles. The molecule has 6 nitrogen and oxygen atoms in total. The van der Waals surface area contributed by atoms with Gasteiger partial charge in [-0.3, -0.25) is 4.79 Å². The van der Waals surface area contributed by atoms with Crippen LogP contribution in [-0.4, -0.2) is 38.3 Å². The van der Waals surface area contributed by atoms with E-state index in [-0.39, 0.29) is 11.9 Å². The van der Waals surface area contributed by atoms with Gasteiger partial charge in [0.05, 0.1) is 17.2 Å². The highest BCUT2D eigenvalue weighted by Crippen LogP contribution is 2.34. The lowest BCUT2D eigenvalue weighted by molar-refractivity contribution is 0.0445. The van der Waals surface area contributed by atoms with Crippen LogP contribution in [0.25, 0.3) is 0 Å². The molecule has 1 saturated heterocycles. The highest BCUT2D eigenvalue weighted by molar-refractivity contribution is 7.07. The van der Waals surface area contributed by atoms with Crippen molar-refractivity contribution in [1.29, 1.82) is 0 Å². The molecule has 1 saturated carbocycles. The van der Waals surface area contributed by atoms with E-state index in [9.17, 15) is 4.79 Å². The van der Waals surface area contributed by atoms with E-state index in [2.05, 4.69) is 20.3 Å². The second kappa shape index (κ2) is 6.47. The molecule has 0 radical (unpaired) electrons. The van der Waals surface area contributed by atoms with Crippen LogP contribution in [0.15, 0.2) is 17.0 Å². The van der Waals surface area contributed by atoms with Gasteiger partial charge in [0.15, 0.2) is 0 Å². The summed E-state index contributed by atoms with van der Waals surface area (Å²) < 4.78 is 0. The second-order valence-corrected chi connectivity index (χ2v) is 7.25. The number of rotatable bonds is 4. The van der Waals surface area contributed by atoms with Gasteiger partial charge in [0, 0.05) is 24.0 Å². The van der Waals surface area contributed by atoms with Crippen LogP contribution in [0.3, 0.4) is 0 Å². The molecule has 1 N–H and O–H groups in total. The molecule has 0 unspecified atom stereocenters. The zero-order valence-electron chi connectivity index (χ0n) is 13.7. The fourth-order valence-electron chi connectivity index (χ4n) is 3.52. The number of nitrogens with zero attached hydrogens (tertiary/aromatic N) is 4. The Bertz CT molecular complexity index is 727. The SMILES string of the molecule is Cc1nc(NC2CCCC2)cc([C@@H]2CCN2C(=O)c2cscn2)n1. The van der Waals surface area contributed by atoms with Gasteiger partial charge < -0.3 is 10.2 Å². The molecule has 4 rings (SSSR count). The lowest BCUT2D eigenvalue weighted by Crippen LogP contribution is -2.45. The molecule has 2 aromatic heterocycles. The number of hydrogen-bond donors (Lipinski definition) is 1. The molecule has 3 heterocycles. The molecular formula is C17H21N5OS. The van der Waals surface area contributed by atoms with Crippen LogP contribution in [-0.2, 0) is 0 Å². The summed E-state index contributed by atoms with van der Waals surface area (Å²) in [6.07, 6.45) is 5.92. The van der Waals surface area contributed by atoms with Crippen LogP contribution in [0.2, 0.25) is 0 Å². The maximum Gasteiger partial charge on any atom is 0.273 e. The maximum absolute atomic E-state index is 12.5. The van der Waals surface area contributed by atoms with E-state index < -0.39 is 0 Å². The number of amides is 1.